The van der Waals surface area contributed by atoms with Crippen molar-refractivity contribution in [3.8, 4) is 11.7 Å². The van der Waals surface area contributed by atoms with Crippen LogP contribution in [0.1, 0.15) is 12.6 Å². The van der Waals surface area contributed by atoms with E-state index in [1.807, 2.05) is 28.8 Å². The molecule has 5 rings (SSSR count). The number of aromatic nitrogens is 4. The number of benzene rings is 1. The molecule has 4 N–H and O–H groups in total. The number of ether oxygens (including phenoxy) is 2. The van der Waals surface area contributed by atoms with Crippen molar-refractivity contribution in [1.82, 2.24) is 24.8 Å². The molecule has 2 aromatic heterocycles. The molecule has 13 heteroatoms. The summed E-state index contributed by atoms with van der Waals surface area (Å²) in [6.45, 7) is 3.72. The van der Waals surface area contributed by atoms with Crippen molar-refractivity contribution in [1.29, 1.82) is 5.53 Å². The zero-order valence-electron chi connectivity index (χ0n) is 19.2. The maximum atomic E-state index is 11.2. The monoisotopic (exact) mass is 479 g/mol. The van der Waals surface area contributed by atoms with E-state index in [9.17, 15) is 4.79 Å². The average molecular weight is 480 g/mol. The summed E-state index contributed by atoms with van der Waals surface area (Å²) in [6.07, 6.45) is 1.16. The van der Waals surface area contributed by atoms with E-state index in [0.29, 0.717) is 49.0 Å². The van der Waals surface area contributed by atoms with E-state index < -0.39 is 11.7 Å². The van der Waals surface area contributed by atoms with Gasteiger partial charge in [0.2, 0.25) is 11.9 Å². The van der Waals surface area contributed by atoms with E-state index in [2.05, 4.69) is 32.6 Å². The summed E-state index contributed by atoms with van der Waals surface area (Å²) in [5.74, 6) is 0.840. The summed E-state index contributed by atoms with van der Waals surface area (Å²) in [5, 5.41) is 18.2. The lowest BCUT2D eigenvalue weighted by molar-refractivity contribution is -0.132. The molecule has 2 aliphatic heterocycles. The summed E-state index contributed by atoms with van der Waals surface area (Å²) in [6, 6.07) is 7.78. The van der Waals surface area contributed by atoms with Crippen LogP contribution in [0.25, 0.3) is 17.0 Å². The second-order valence-electron chi connectivity index (χ2n) is 8.22. The van der Waals surface area contributed by atoms with Crippen LogP contribution in [-0.2, 0) is 16.1 Å². The first-order chi connectivity index (χ1) is 17.0. The Balaban J connectivity index is 1.65. The largest absolute Gasteiger partial charge is 0.486 e. The number of aliphatic carboxylic acids is 1. The number of nitrogens with zero attached hydrogens (tertiary/aromatic N) is 6. The number of para-hydroxylation sites is 2. The summed E-state index contributed by atoms with van der Waals surface area (Å²) in [4.78, 5) is 27.8. The highest BCUT2D eigenvalue weighted by atomic mass is 16.5. The fourth-order valence-electron chi connectivity index (χ4n) is 4.38. The summed E-state index contributed by atoms with van der Waals surface area (Å²) in [5.41, 5.74) is 8.78. The minimum Gasteiger partial charge on any atom is -0.486 e. The molecule has 0 saturated carbocycles. The lowest BCUT2D eigenvalue weighted by Gasteiger charge is -2.44. The van der Waals surface area contributed by atoms with Crippen LogP contribution >= 0.6 is 0 Å². The molecule has 0 spiro atoms. The number of nitrogens with one attached hydrogen (secondary N) is 3. The van der Waals surface area contributed by atoms with Crippen molar-refractivity contribution >= 4 is 28.8 Å². The van der Waals surface area contributed by atoms with Gasteiger partial charge in [-0.1, -0.05) is 12.1 Å². The maximum Gasteiger partial charge on any atom is 0.357 e. The molecule has 0 radical (unpaired) electrons. The Morgan fingerprint density at radius 1 is 1.29 bits per heavy atom. The molecule has 13 nitrogen and oxygen atoms in total. The van der Waals surface area contributed by atoms with E-state index >= 15 is 0 Å². The van der Waals surface area contributed by atoms with Gasteiger partial charge >= 0.3 is 5.97 Å². The molecule has 0 bridgehead atoms. The second-order valence-corrected chi connectivity index (χ2v) is 8.22. The Labute approximate surface area is 200 Å². The molecule has 0 amide bonds. The van der Waals surface area contributed by atoms with Gasteiger partial charge in [-0.05, 0) is 19.1 Å². The van der Waals surface area contributed by atoms with Crippen LogP contribution in [0.5, 0.6) is 5.75 Å². The third-order valence-corrected chi connectivity index (χ3v) is 5.94. The maximum absolute atomic E-state index is 11.2. The van der Waals surface area contributed by atoms with Gasteiger partial charge in [-0.3, -0.25) is 0 Å². The molecular weight excluding hydrogens is 454 g/mol. The molecule has 2 atom stereocenters. The van der Waals surface area contributed by atoms with Crippen LogP contribution < -0.4 is 20.3 Å². The molecule has 35 heavy (non-hydrogen) atoms. The molecule has 1 aromatic carbocycles. The number of morpholine rings is 1. The number of carbonyl (C=O) groups is 1. The number of fused-ring (bicyclic) bond motifs is 4. The van der Waals surface area contributed by atoms with Gasteiger partial charge < -0.3 is 30.1 Å². The van der Waals surface area contributed by atoms with E-state index in [1.165, 1.54) is 0 Å². The quantitative estimate of drug-likeness (QED) is 0.291. The molecule has 1 fully saturated rings. The van der Waals surface area contributed by atoms with E-state index in [1.54, 1.807) is 7.05 Å². The second kappa shape index (κ2) is 9.18. The highest BCUT2D eigenvalue weighted by molar-refractivity contribution is 5.85. The Morgan fingerprint density at radius 3 is 2.89 bits per heavy atom. The SMILES string of the molecule is CNc1nc2ccccc2n1-c1nc(CN/C=C(\N=N)C(=O)O)c2c(n1)N1[C@@H](COC[C@H]1C)CO2. The summed E-state index contributed by atoms with van der Waals surface area (Å²) < 4.78 is 13.7. The van der Waals surface area contributed by atoms with Crippen molar-refractivity contribution in [2.75, 3.05) is 37.1 Å². The van der Waals surface area contributed by atoms with Gasteiger partial charge in [0.1, 0.15) is 12.3 Å². The molecule has 1 saturated heterocycles. The summed E-state index contributed by atoms with van der Waals surface area (Å²) >= 11 is 0. The molecule has 3 aromatic rings. The van der Waals surface area contributed by atoms with Gasteiger partial charge in [-0.15, -0.1) is 5.11 Å². The van der Waals surface area contributed by atoms with E-state index in [0.717, 1.165) is 17.2 Å². The average Bonchev–Trinajstić information content (AvgIpc) is 3.24. The molecule has 182 valence electrons. The van der Waals surface area contributed by atoms with E-state index in [-0.39, 0.29) is 18.6 Å². The Kier molecular flexibility index (Phi) is 5.91. The number of carboxylic acids is 1. The summed E-state index contributed by atoms with van der Waals surface area (Å²) in [7, 11) is 1.78. The predicted octanol–water partition coefficient (Wildman–Crippen LogP) is 1.89. The topological polar surface area (TPSA) is 163 Å². The standard InChI is InChI=1S/C22H25N9O4/c1-12-9-34-10-13-11-35-18-15(7-25-8-16(29-23)20(32)33)27-22(28-19(18)30(12)13)31-17-6-4-3-5-14(17)26-21(31)24-2/h3-6,8,12-13,23,25H,7,9-11H2,1-2H3,(H,24,26)(H,32,33)/b16-8-,29-23?/t12-,13+/m1/s1. The number of rotatable bonds is 7. The minimum atomic E-state index is -1.30. The minimum absolute atomic E-state index is 0.0127. The van der Waals surface area contributed by atoms with Crippen LogP contribution in [-0.4, -0.2) is 69.5 Å². The van der Waals surface area contributed by atoms with Gasteiger partial charge in [-0.25, -0.2) is 24.9 Å². The van der Waals surface area contributed by atoms with Crippen molar-refractivity contribution in [3.63, 3.8) is 0 Å². The third kappa shape index (κ3) is 3.99. The Morgan fingerprint density at radius 2 is 2.11 bits per heavy atom. The van der Waals surface area contributed by atoms with Gasteiger partial charge in [0.15, 0.2) is 17.3 Å². The first kappa shape index (κ1) is 22.5. The van der Waals surface area contributed by atoms with Crippen molar-refractivity contribution in [2.24, 2.45) is 5.11 Å². The van der Waals surface area contributed by atoms with Gasteiger partial charge in [-0.2, -0.15) is 4.98 Å². The highest BCUT2D eigenvalue weighted by Crippen LogP contribution is 2.38. The molecule has 0 aliphatic carbocycles. The van der Waals surface area contributed by atoms with E-state index in [4.69, 9.17) is 30.1 Å². The zero-order valence-corrected chi connectivity index (χ0v) is 19.2. The number of hydrogen-bond donors (Lipinski definition) is 4. The molecule has 4 heterocycles. The molecule has 2 aliphatic rings. The highest BCUT2D eigenvalue weighted by Gasteiger charge is 2.38. The van der Waals surface area contributed by atoms with Crippen LogP contribution in [0, 0.1) is 5.53 Å². The fraction of sp³-hybridized carbons (Fsp3) is 0.364. The Bertz CT molecular complexity index is 1320. The zero-order chi connectivity index (χ0) is 24.5. The predicted molar refractivity (Wildman–Crippen MR) is 126 cm³/mol. The van der Waals surface area contributed by atoms with Crippen molar-refractivity contribution in [3.05, 3.63) is 41.9 Å². The molecule has 0 unspecified atom stereocenters. The van der Waals surface area contributed by atoms with Crippen LogP contribution in [0.2, 0.25) is 0 Å². The smallest absolute Gasteiger partial charge is 0.357 e. The lowest BCUT2D eigenvalue weighted by atomic mass is 10.1. The van der Waals surface area contributed by atoms with Gasteiger partial charge in [0, 0.05) is 13.2 Å². The first-order valence-electron chi connectivity index (χ1n) is 11.1. The van der Waals surface area contributed by atoms with Crippen molar-refractivity contribution in [2.45, 2.75) is 25.6 Å². The molecular formula is C22H25N9O4. The number of anilines is 2. The lowest BCUT2D eigenvalue weighted by Crippen LogP contribution is -2.56. The fourth-order valence-corrected chi connectivity index (χ4v) is 4.38. The van der Waals surface area contributed by atoms with Gasteiger partial charge in [0.05, 0.1) is 42.9 Å². The number of carboxylic acid groups (broad SMARTS) is 1. The van der Waals surface area contributed by atoms with Crippen molar-refractivity contribution < 1.29 is 19.4 Å². The van der Waals surface area contributed by atoms with Crippen LogP contribution in [0.15, 0.2) is 41.3 Å². The Hall–Kier alpha value is -4.26. The number of hydrogen-bond acceptors (Lipinski definition) is 11. The van der Waals surface area contributed by atoms with Gasteiger partial charge in [0.25, 0.3) is 0 Å². The van der Waals surface area contributed by atoms with Crippen LogP contribution in [0.4, 0.5) is 11.8 Å². The van der Waals surface area contributed by atoms with Crippen LogP contribution in [0.3, 0.4) is 0 Å². The number of imidazole rings is 1. The normalized spacial score (nSPS) is 19.5. The first-order valence-corrected chi connectivity index (χ1v) is 11.1. The third-order valence-electron chi connectivity index (χ3n) is 5.94.